The number of halogens is 1. The smallest absolute Gasteiger partial charge is 0.251 e. The van der Waals surface area contributed by atoms with Gasteiger partial charge >= 0.3 is 0 Å². The van der Waals surface area contributed by atoms with Crippen molar-refractivity contribution in [2.75, 3.05) is 11.9 Å². The summed E-state index contributed by atoms with van der Waals surface area (Å²) in [7, 11) is 0. The van der Waals surface area contributed by atoms with Crippen LogP contribution in [0.3, 0.4) is 0 Å². The first-order valence-corrected chi connectivity index (χ1v) is 7.44. The first-order chi connectivity index (χ1) is 10.1. The van der Waals surface area contributed by atoms with E-state index in [0.29, 0.717) is 10.6 Å². The van der Waals surface area contributed by atoms with Gasteiger partial charge in [0.05, 0.1) is 6.04 Å². The van der Waals surface area contributed by atoms with Crippen molar-refractivity contribution in [3.63, 3.8) is 0 Å². The van der Waals surface area contributed by atoms with Crippen LogP contribution in [-0.4, -0.2) is 12.5 Å². The molecule has 2 N–H and O–H groups in total. The van der Waals surface area contributed by atoms with E-state index in [9.17, 15) is 4.79 Å². The van der Waals surface area contributed by atoms with Gasteiger partial charge in [-0.25, -0.2) is 0 Å². The van der Waals surface area contributed by atoms with Crippen molar-refractivity contribution in [2.45, 2.75) is 19.4 Å². The molecule has 1 amide bonds. The fraction of sp³-hybridized carbons (Fsp3) is 0.235. The summed E-state index contributed by atoms with van der Waals surface area (Å²) < 4.78 is 0. The van der Waals surface area contributed by atoms with Gasteiger partial charge in [-0.3, -0.25) is 4.79 Å². The quantitative estimate of drug-likeness (QED) is 0.905. The zero-order valence-electron chi connectivity index (χ0n) is 11.8. The molecule has 0 saturated carbocycles. The molecule has 3 nitrogen and oxygen atoms in total. The van der Waals surface area contributed by atoms with Crippen molar-refractivity contribution < 1.29 is 4.79 Å². The van der Waals surface area contributed by atoms with Crippen molar-refractivity contribution >= 4 is 23.2 Å². The lowest BCUT2D eigenvalue weighted by atomic mass is 10.1. The Balaban J connectivity index is 1.72. The van der Waals surface area contributed by atoms with Crippen molar-refractivity contribution in [1.29, 1.82) is 0 Å². The number of carbonyl (C=O) groups is 1. The average molecular weight is 301 g/mol. The molecule has 0 spiro atoms. The minimum Gasteiger partial charge on any atom is -0.384 e. The second-order valence-corrected chi connectivity index (χ2v) is 5.73. The zero-order chi connectivity index (χ0) is 14.8. The van der Waals surface area contributed by atoms with Gasteiger partial charge in [-0.15, -0.1) is 0 Å². The topological polar surface area (TPSA) is 41.1 Å². The van der Waals surface area contributed by atoms with Gasteiger partial charge in [-0.1, -0.05) is 23.7 Å². The number of hydrogen-bond acceptors (Lipinski definition) is 2. The average Bonchev–Trinajstić information content (AvgIpc) is 2.95. The third-order valence-electron chi connectivity index (χ3n) is 3.79. The van der Waals surface area contributed by atoms with Crippen molar-refractivity contribution in [3.05, 3.63) is 64.2 Å². The number of benzene rings is 2. The predicted molar refractivity (Wildman–Crippen MR) is 86.0 cm³/mol. The van der Waals surface area contributed by atoms with Gasteiger partial charge in [0, 0.05) is 22.8 Å². The summed E-state index contributed by atoms with van der Waals surface area (Å²) >= 11 is 5.88. The van der Waals surface area contributed by atoms with Gasteiger partial charge < -0.3 is 10.6 Å². The summed E-state index contributed by atoms with van der Waals surface area (Å²) in [6.07, 6.45) is 0.975. The zero-order valence-corrected chi connectivity index (χ0v) is 12.6. The molecule has 0 aliphatic carbocycles. The maximum Gasteiger partial charge on any atom is 0.251 e. The summed E-state index contributed by atoms with van der Waals surface area (Å²) in [5.41, 5.74) is 4.09. The van der Waals surface area contributed by atoms with Crippen LogP contribution in [0.1, 0.15) is 34.5 Å². The van der Waals surface area contributed by atoms with Crippen LogP contribution in [0.2, 0.25) is 5.02 Å². The van der Waals surface area contributed by atoms with Crippen LogP contribution in [0.5, 0.6) is 0 Å². The van der Waals surface area contributed by atoms with Crippen molar-refractivity contribution in [3.8, 4) is 0 Å². The molecule has 108 valence electrons. The highest BCUT2D eigenvalue weighted by atomic mass is 35.5. The Bertz CT molecular complexity index is 667. The van der Waals surface area contributed by atoms with Gasteiger partial charge in [-0.05, 0) is 54.8 Å². The summed E-state index contributed by atoms with van der Waals surface area (Å²) in [5.74, 6) is -0.0489. The van der Waals surface area contributed by atoms with Crippen LogP contribution in [0.4, 0.5) is 5.69 Å². The summed E-state index contributed by atoms with van der Waals surface area (Å²) in [6.45, 7) is 2.91. The van der Waals surface area contributed by atoms with E-state index in [1.165, 1.54) is 5.56 Å². The molecule has 1 atom stereocenters. The molecule has 0 bridgehead atoms. The van der Waals surface area contributed by atoms with E-state index in [2.05, 4.69) is 10.6 Å². The number of hydrogen-bond donors (Lipinski definition) is 2. The number of carbonyl (C=O) groups excluding carboxylic acids is 1. The van der Waals surface area contributed by atoms with Crippen LogP contribution < -0.4 is 10.6 Å². The highest BCUT2D eigenvalue weighted by Gasteiger charge is 2.15. The summed E-state index contributed by atoms with van der Waals surface area (Å²) in [4.78, 5) is 12.3. The molecule has 21 heavy (non-hydrogen) atoms. The fourth-order valence-electron chi connectivity index (χ4n) is 2.56. The van der Waals surface area contributed by atoms with Crippen LogP contribution in [0.25, 0.3) is 0 Å². The SMILES string of the molecule is C[C@@H](NC(=O)c1ccc2c(c1)CCN2)c1ccc(Cl)cc1. The lowest BCUT2D eigenvalue weighted by molar-refractivity contribution is 0.0940. The Labute approximate surface area is 129 Å². The lowest BCUT2D eigenvalue weighted by Crippen LogP contribution is -2.26. The Morgan fingerprint density at radius 1 is 1.24 bits per heavy atom. The molecule has 0 fully saturated rings. The van der Waals surface area contributed by atoms with Gasteiger partial charge in [0.25, 0.3) is 5.91 Å². The molecule has 2 aromatic rings. The molecule has 2 aromatic carbocycles. The maximum absolute atomic E-state index is 12.3. The third kappa shape index (κ3) is 3.03. The Kier molecular flexibility index (Phi) is 3.84. The lowest BCUT2D eigenvalue weighted by Gasteiger charge is -2.15. The first kappa shape index (κ1) is 14.0. The van der Waals surface area contributed by atoms with E-state index in [-0.39, 0.29) is 11.9 Å². The Morgan fingerprint density at radius 2 is 2.00 bits per heavy atom. The number of fused-ring (bicyclic) bond motifs is 1. The van der Waals surface area contributed by atoms with Crippen molar-refractivity contribution in [1.82, 2.24) is 5.32 Å². The predicted octanol–water partition coefficient (Wildman–Crippen LogP) is 3.80. The number of nitrogens with one attached hydrogen (secondary N) is 2. The van der Waals surface area contributed by atoms with E-state index in [1.807, 2.05) is 49.4 Å². The molecule has 1 heterocycles. The number of anilines is 1. The van der Waals surface area contributed by atoms with Crippen LogP contribution >= 0.6 is 11.6 Å². The number of amides is 1. The Hall–Kier alpha value is -2.00. The van der Waals surface area contributed by atoms with E-state index in [0.717, 1.165) is 24.2 Å². The van der Waals surface area contributed by atoms with Gasteiger partial charge in [0.1, 0.15) is 0 Å². The van der Waals surface area contributed by atoms with Crippen molar-refractivity contribution in [2.24, 2.45) is 0 Å². The van der Waals surface area contributed by atoms with Gasteiger partial charge in [-0.2, -0.15) is 0 Å². The molecule has 0 aromatic heterocycles. The summed E-state index contributed by atoms with van der Waals surface area (Å²) in [5, 5.41) is 7.01. The molecule has 1 aliphatic rings. The molecule has 0 radical (unpaired) electrons. The molecule has 1 aliphatic heterocycles. The molecule has 3 rings (SSSR count). The first-order valence-electron chi connectivity index (χ1n) is 7.06. The van der Waals surface area contributed by atoms with Crippen LogP contribution in [0, 0.1) is 0 Å². The maximum atomic E-state index is 12.3. The second-order valence-electron chi connectivity index (χ2n) is 5.30. The fourth-order valence-corrected chi connectivity index (χ4v) is 2.69. The molecular weight excluding hydrogens is 284 g/mol. The molecule has 0 saturated heterocycles. The van der Waals surface area contributed by atoms with E-state index < -0.39 is 0 Å². The number of rotatable bonds is 3. The van der Waals surface area contributed by atoms with E-state index >= 15 is 0 Å². The highest BCUT2D eigenvalue weighted by molar-refractivity contribution is 6.30. The Morgan fingerprint density at radius 3 is 2.76 bits per heavy atom. The van der Waals surface area contributed by atoms with Crippen LogP contribution in [-0.2, 0) is 6.42 Å². The van der Waals surface area contributed by atoms with Gasteiger partial charge in [0.15, 0.2) is 0 Å². The monoisotopic (exact) mass is 300 g/mol. The van der Waals surface area contributed by atoms with Gasteiger partial charge in [0.2, 0.25) is 0 Å². The largest absolute Gasteiger partial charge is 0.384 e. The normalized spacial score (nSPS) is 14.2. The van der Waals surface area contributed by atoms with E-state index in [4.69, 9.17) is 11.6 Å². The second kappa shape index (κ2) is 5.78. The minimum atomic E-state index is -0.0545. The standard InChI is InChI=1S/C17H17ClN2O/c1-11(12-2-5-15(18)6-3-12)20-17(21)14-4-7-16-13(10-14)8-9-19-16/h2-7,10-11,19H,8-9H2,1H3,(H,20,21)/t11-/m1/s1. The highest BCUT2D eigenvalue weighted by Crippen LogP contribution is 2.23. The van der Waals surface area contributed by atoms with Crippen LogP contribution in [0.15, 0.2) is 42.5 Å². The summed E-state index contributed by atoms with van der Waals surface area (Å²) in [6, 6.07) is 13.3. The molecule has 4 heteroatoms. The van der Waals surface area contributed by atoms with E-state index in [1.54, 1.807) is 0 Å². The third-order valence-corrected chi connectivity index (χ3v) is 4.05. The minimum absolute atomic E-state index is 0.0489. The molecular formula is C17H17ClN2O. The molecule has 0 unspecified atom stereocenters.